The van der Waals surface area contributed by atoms with Crippen LogP contribution in [0.3, 0.4) is 0 Å². The summed E-state index contributed by atoms with van der Waals surface area (Å²) in [5.74, 6) is 0.873. The molecule has 0 unspecified atom stereocenters. The fourth-order valence-electron chi connectivity index (χ4n) is 4.14. The van der Waals surface area contributed by atoms with Gasteiger partial charge in [0.15, 0.2) is 0 Å². The van der Waals surface area contributed by atoms with Crippen LogP contribution in [-0.2, 0) is 16.4 Å². The Kier molecular flexibility index (Phi) is 5.10. The highest BCUT2D eigenvalue weighted by molar-refractivity contribution is 7.91. The first-order valence-electron chi connectivity index (χ1n) is 9.49. The number of hydrogen-bond donors (Lipinski definition) is 2. The third-order valence-corrected chi connectivity index (χ3v) is 7.62. The molecule has 1 aliphatic carbocycles. The molecule has 2 aromatic rings. The Morgan fingerprint density at radius 1 is 1.18 bits per heavy atom. The van der Waals surface area contributed by atoms with Gasteiger partial charge in [0, 0.05) is 17.8 Å². The summed E-state index contributed by atoms with van der Waals surface area (Å²) >= 11 is 6.11. The zero-order valence-electron chi connectivity index (χ0n) is 15.8. The van der Waals surface area contributed by atoms with E-state index in [1.807, 2.05) is 48.5 Å². The summed E-state index contributed by atoms with van der Waals surface area (Å²) in [6, 6.07) is 15.7. The number of nitrogens with zero attached hydrogens (tertiary/aromatic N) is 1. The van der Waals surface area contributed by atoms with Gasteiger partial charge in [-0.2, -0.15) is 0 Å². The predicted molar refractivity (Wildman–Crippen MR) is 115 cm³/mol. The minimum Gasteiger partial charge on any atom is -0.371 e. The van der Waals surface area contributed by atoms with E-state index in [-0.39, 0.29) is 10.8 Å². The van der Waals surface area contributed by atoms with Crippen molar-refractivity contribution >= 4 is 38.6 Å². The van der Waals surface area contributed by atoms with Gasteiger partial charge in [-0.1, -0.05) is 35.9 Å². The first-order valence-corrected chi connectivity index (χ1v) is 11.8. The molecule has 28 heavy (non-hydrogen) atoms. The van der Waals surface area contributed by atoms with Gasteiger partial charge in [-0.3, -0.25) is 0 Å². The molecule has 2 aromatic carbocycles. The third-order valence-electron chi connectivity index (χ3n) is 5.70. The number of fused-ring (bicyclic) bond motifs is 1. The lowest BCUT2D eigenvalue weighted by molar-refractivity contribution is 0.393. The van der Waals surface area contributed by atoms with Crippen molar-refractivity contribution in [1.82, 2.24) is 5.32 Å². The number of hydrogen-bond acceptors (Lipinski definition) is 5. The maximum Gasteiger partial charge on any atom is 0.150 e. The Labute approximate surface area is 171 Å². The molecule has 0 amide bonds. The largest absolute Gasteiger partial charge is 0.371 e. The summed E-state index contributed by atoms with van der Waals surface area (Å²) in [5.41, 5.74) is 2.60. The minimum atomic E-state index is -3.02. The van der Waals surface area contributed by atoms with E-state index in [4.69, 9.17) is 16.6 Å². The van der Waals surface area contributed by atoms with E-state index < -0.39 is 9.84 Å². The summed E-state index contributed by atoms with van der Waals surface area (Å²) in [5, 5.41) is 7.60. The standard InChI is InChI=1S/C21H24ClN3O2S/c1-28(26,27)17-9-11-21(12-10-17)20(23-14-15-5-4-6-16(22)13-15)24-18-7-2-3-8-19(18)25-21/h2-8,13,17,25H,9-12,14H2,1H3,(H,23,24). The van der Waals surface area contributed by atoms with Crippen molar-refractivity contribution in [3.05, 3.63) is 59.1 Å². The van der Waals surface area contributed by atoms with E-state index in [0.717, 1.165) is 35.6 Å². The zero-order chi connectivity index (χ0) is 19.8. The Hall–Kier alpha value is -2.05. The van der Waals surface area contributed by atoms with E-state index in [0.29, 0.717) is 24.4 Å². The molecule has 1 heterocycles. The smallest absolute Gasteiger partial charge is 0.150 e. The van der Waals surface area contributed by atoms with Crippen molar-refractivity contribution in [2.75, 3.05) is 11.6 Å². The van der Waals surface area contributed by atoms with Crippen LogP contribution >= 0.6 is 11.6 Å². The summed E-state index contributed by atoms with van der Waals surface area (Å²) in [6.07, 6.45) is 4.05. The highest BCUT2D eigenvalue weighted by atomic mass is 35.5. The quantitative estimate of drug-likeness (QED) is 0.780. The van der Waals surface area contributed by atoms with E-state index >= 15 is 0 Å². The molecule has 1 saturated carbocycles. The van der Waals surface area contributed by atoms with Crippen molar-refractivity contribution in [3.8, 4) is 0 Å². The maximum atomic E-state index is 12.0. The van der Waals surface area contributed by atoms with Gasteiger partial charge in [0.1, 0.15) is 15.7 Å². The second-order valence-electron chi connectivity index (χ2n) is 7.70. The Bertz CT molecular complexity index is 1010. The highest BCUT2D eigenvalue weighted by Crippen LogP contribution is 2.41. The van der Waals surface area contributed by atoms with Crippen molar-refractivity contribution in [2.24, 2.45) is 4.99 Å². The molecule has 0 saturated heterocycles. The number of amidine groups is 1. The van der Waals surface area contributed by atoms with Crippen molar-refractivity contribution in [1.29, 1.82) is 0 Å². The van der Waals surface area contributed by atoms with Gasteiger partial charge in [0.25, 0.3) is 0 Å². The first-order chi connectivity index (χ1) is 13.4. The normalized spacial score (nSPS) is 24.2. The molecule has 0 bridgehead atoms. The van der Waals surface area contributed by atoms with Gasteiger partial charge in [0.2, 0.25) is 0 Å². The van der Waals surface area contributed by atoms with E-state index in [1.165, 1.54) is 6.26 Å². The number of benzene rings is 2. The van der Waals surface area contributed by atoms with Crippen LogP contribution in [0.2, 0.25) is 5.02 Å². The van der Waals surface area contributed by atoms with Crippen molar-refractivity contribution < 1.29 is 8.42 Å². The van der Waals surface area contributed by atoms with Crippen LogP contribution in [0.25, 0.3) is 0 Å². The second-order valence-corrected chi connectivity index (χ2v) is 10.5. The molecule has 1 spiro atoms. The number of anilines is 1. The lowest BCUT2D eigenvalue weighted by Crippen LogP contribution is -2.56. The number of para-hydroxylation sites is 2. The van der Waals surface area contributed by atoms with Gasteiger partial charge in [-0.15, -0.1) is 0 Å². The second kappa shape index (κ2) is 7.41. The average molecular weight is 418 g/mol. The molecule has 1 aliphatic heterocycles. The Balaban J connectivity index is 1.61. The number of halogens is 1. The molecule has 4 rings (SSSR count). The number of nitrogens with one attached hydrogen (secondary N) is 2. The number of rotatable bonds is 3. The average Bonchev–Trinajstić information content (AvgIpc) is 2.66. The van der Waals surface area contributed by atoms with Crippen LogP contribution in [-0.4, -0.2) is 31.3 Å². The Morgan fingerprint density at radius 2 is 1.93 bits per heavy atom. The predicted octanol–water partition coefficient (Wildman–Crippen LogP) is 4.31. The number of aliphatic imine (C=N–C) groups is 1. The van der Waals surface area contributed by atoms with Crippen molar-refractivity contribution in [2.45, 2.75) is 43.0 Å². The molecule has 1 fully saturated rings. The third kappa shape index (κ3) is 3.89. The topological polar surface area (TPSA) is 70.6 Å². The summed E-state index contributed by atoms with van der Waals surface area (Å²) in [4.78, 5) is 4.91. The highest BCUT2D eigenvalue weighted by Gasteiger charge is 2.44. The summed E-state index contributed by atoms with van der Waals surface area (Å²) in [6.45, 7) is 0.612. The van der Waals surface area contributed by atoms with E-state index in [9.17, 15) is 8.42 Å². The number of sulfone groups is 1. The van der Waals surface area contributed by atoms with E-state index in [1.54, 1.807) is 0 Å². The van der Waals surface area contributed by atoms with Gasteiger partial charge in [-0.25, -0.2) is 13.4 Å². The molecule has 0 aromatic heterocycles. The SMILES string of the molecule is CS(=O)(=O)C1CCC2(CC1)Nc1ccccc1N=C2NCc1cccc(Cl)c1. The van der Waals surface area contributed by atoms with Gasteiger partial charge in [0.05, 0.1) is 22.2 Å². The van der Waals surface area contributed by atoms with Gasteiger partial charge >= 0.3 is 0 Å². The van der Waals surface area contributed by atoms with Gasteiger partial charge in [-0.05, 0) is 55.5 Å². The molecule has 7 heteroatoms. The molecule has 0 atom stereocenters. The van der Waals surface area contributed by atoms with Gasteiger partial charge < -0.3 is 10.6 Å². The monoisotopic (exact) mass is 417 g/mol. The van der Waals surface area contributed by atoms with Crippen molar-refractivity contribution in [3.63, 3.8) is 0 Å². The molecule has 2 aliphatic rings. The summed E-state index contributed by atoms with van der Waals surface area (Å²) in [7, 11) is -3.02. The molecule has 148 valence electrons. The first kappa shape index (κ1) is 19.3. The molecule has 2 N–H and O–H groups in total. The Morgan fingerprint density at radius 3 is 2.64 bits per heavy atom. The van der Waals surface area contributed by atoms with Crippen LogP contribution < -0.4 is 10.6 Å². The minimum absolute atomic E-state index is 0.272. The van der Waals surface area contributed by atoms with Crippen LogP contribution in [0.5, 0.6) is 0 Å². The molecule has 0 radical (unpaired) electrons. The lowest BCUT2D eigenvalue weighted by Gasteiger charge is -2.44. The maximum absolute atomic E-state index is 12.0. The molecular weight excluding hydrogens is 394 g/mol. The van der Waals surface area contributed by atoms with E-state index in [2.05, 4.69) is 10.6 Å². The summed E-state index contributed by atoms with van der Waals surface area (Å²) < 4.78 is 24.0. The lowest BCUT2D eigenvalue weighted by atomic mass is 9.79. The fourth-order valence-corrected chi connectivity index (χ4v) is 5.44. The van der Waals surface area contributed by atoms with Crippen LogP contribution in [0, 0.1) is 0 Å². The molecular formula is C21H24ClN3O2S. The zero-order valence-corrected chi connectivity index (χ0v) is 17.4. The van der Waals surface area contributed by atoms with Crippen LogP contribution in [0.15, 0.2) is 53.5 Å². The van der Waals surface area contributed by atoms with Crippen LogP contribution in [0.1, 0.15) is 31.2 Å². The fraction of sp³-hybridized carbons (Fsp3) is 0.381. The molecule has 5 nitrogen and oxygen atoms in total. The van der Waals surface area contributed by atoms with Crippen LogP contribution in [0.4, 0.5) is 11.4 Å².